The van der Waals surface area contributed by atoms with E-state index in [0.29, 0.717) is 26.3 Å². The maximum absolute atomic E-state index is 12.4. The number of halogens is 3. The number of hydrogen-bond donors (Lipinski definition) is 0. The van der Waals surface area contributed by atoms with Crippen molar-refractivity contribution in [3.8, 4) is 5.75 Å². The molecule has 2 aromatic carbocycles. The molecule has 0 atom stereocenters. The molecule has 0 aliphatic carbocycles. The van der Waals surface area contributed by atoms with E-state index in [9.17, 15) is 9.59 Å². The van der Waals surface area contributed by atoms with E-state index in [4.69, 9.17) is 27.9 Å². The monoisotopic (exact) mass is 497 g/mol. The van der Waals surface area contributed by atoms with Crippen molar-refractivity contribution in [1.29, 1.82) is 0 Å². The van der Waals surface area contributed by atoms with Crippen LogP contribution in [0, 0.1) is 0 Å². The van der Waals surface area contributed by atoms with Crippen LogP contribution in [0.15, 0.2) is 58.4 Å². The number of imide groups is 1. The lowest BCUT2D eigenvalue weighted by molar-refractivity contribution is -0.122. The van der Waals surface area contributed by atoms with E-state index < -0.39 is 0 Å². The standard InChI is InChI=1S/C20H14BrCl2NO3S/c1-2-7-24-19(25)18(28-20(24)26)9-13-8-14(21)4-6-17(13)27-11-12-3-5-15(22)10-16(12)23/h2-6,8-10H,1,7,11H2/b18-9+. The molecular formula is C20H14BrCl2NO3S. The van der Waals surface area contributed by atoms with Gasteiger partial charge in [0.1, 0.15) is 12.4 Å². The lowest BCUT2D eigenvalue weighted by atomic mass is 10.1. The zero-order valence-corrected chi connectivity index (χ0v) is 18.4. The summed E-state index contributed by atoms with van der Waals surface area (Å²) >= 11 is 16.4. The summed E-state index contributed by atoms with van der Waals surface area (Å²) in [5.74, 6) is 0.214. The van der Waals surface area contributed by atoms with Crippen LogP contribution in [0.4, 0.5) is 4.79 Å². The van der Waals surface area contributed by atoms with E-state index >= 15 is 0 Å². The first-order valence-electron chi connectivity index (χ1n) is 8.11. The fourth-order valence-electron chi connectivity index (χ4n) is 2.49. The van der Waals surface area contributed by atoms with Crippen molar-refractivity contribution >= 4 is 68.1 Å². The van der Waals surface area contributed by atoms with Gasteiger partial charge in [0.25, 0.3) is 11.1 Å². The fourth-order valence-corrected chi connectivity index (χ4v) is 4.17. The molecule has 1 fully saturated rings. The Kier molecular flexibility index (Phi) is 6.88. The number of benzene rings is 2. The predicted molar refractivity (Wildman–Crippen MR) is 118 cm³/mol. The van der Waals surface area contributed by atoms with Crippen LogP contribution in [0.5, 0.6) is 5.75 Å². The van der Waals surface area contributed by atoms with Crippen molar-refractivity contribution in [1.82, 2.24) is 4.90 Å². The second-order valence-electron chi connectivity index (χ2n) is 5.79. The Morgan fingerprint density at radius 3 is 2.68 bits per heavy atom. The molecule has 4 nitrogen and oxygen atoms in total. The van der Waals surface area contributed by atoms with E-state index in [2.05, 4.69) is 22.5 Å². The zero-order valence-electron chi connectivity index (χ0n) is 14.5. The molecule has 0 radical (unpaired) electrons. The largest absolute Gasteiger partial charge is 0.488 e. The summed E-state index contributed by atoms with van der Waals surface area (Å²) in [6, 6.07) is 10.6. The third-order valence-corrected chi connectivity index (χ3v) is 5.83. The van der Waals surface area contributed by atoms with Crippen molar-refractivity contribution in [3.63, 3.8) is 0 Å². The van der Waals surface area contributed by atoms with E-state index in [-0.39, 0.29) is 24.3 Å². The first-order chi connectivity index (χ1) is 13.4. The van der Waals surface area contributed by atoms with Crippen molar-refractivity contribution in [2.45, 2.75) is 6.61 Å². The van der Waals surface area contributed by atoms with Gasteiger partial charge in [-0.3, -0.25) is 14.5 Å². The first kappa shape index (κ1) is 21.0. The van der Waals surface area contributed by atoms with Crippen molar-refractivity contribution in [3.05, 3.63) is 79.6 Å². The Hall–Kier alpha value is -1.73. The molecule has 0 aromatic heterocycles. The van der Waals surface area contributed by atoms with Gasteiger partial charge in [0, 0.05) is 32.2 Å². The number of carbonyl (C=O) groups excluding carboxylic acids is 2. The van der Waals surface area contributed by atoms with Gasteiger partial charge in [-0.1, -0.05) is 51.3 Å². The number of nitrogens with zero attached hydrogens (tertiary/aromatic N) is 1. The SMILES string of the molecule is C=CCN1C(=O)S/C(=C/c2cc(Br)ccc2OCc2ccc(Cl)cc2Cl)C1=O. The normalized spacial score (nSPS) is 15.4. The summed E-state index contributed by atoms with van der Waals surface area (Å²) in [7, 11) is 0. The third-order valence-electron chi connectivity index (χ3n) is 3.84. The molecule has 2 aromatic rings. The molecule has 144 valence electrons. The predicted octanol–water partition coefficient (Wildman–Crippen LogP) is 6.56. The Balaban J connectivity index is 1.86. The highest BCUT2D eigenvalue weighted by atomic mass is 79.9. The third kappa shape index (κ3) is 4.81. The number of amides is 2. The van der Waals surface area contributed by atoms with Gasteiger partial charge >= 0.3 is 0 Å². The van der Waals surface area contributed by atoms with Crippen molar-refractivity contribution in [2.75, 3.05) is 6.54 Å². The van der Waals surface area contributed by atoms with Gasteiger partial charge in [-0.25, -0.2) is 0 Å². The lowest BCUT2D eigenvalue weighted by Crippen LogP contribution is -2.27. The number of hydrogen-bond acceptors (Lipinski definition) is 4. The van der Waals surface area contributed by atoms with Crippen LogP contribution in [-0.4, -0.2) is 22.6 Å². The molecule has 2 amide bonds. The molecule has 1 heterocycles. The van der Waals surface area contributed by atoms with Crippen LogP contribution >= 0.6 is 50.9 Å². The van der Waals surface area contributed by atoms with Crippen molar-refractivity contribution < 1.29 is 14.3 Å². The summed E-state index contributed by atoms with van der Waals surface area (Å²) in [4.78, 5) is 25.9. The number of rotatable bonds is 6. The molecule has 1 saturated heterocycles. The van der Waals surface area contributed by atoms with Crippen LogP contribution in [0.3, 0.4) is 0 Å². The molecule has 0 saturated carbocycles. The molecule has 3 rings (SSSR count). The minimum absolute atomic E-state index is 0.179. The van der Waals surface area contributed by atoms with Crippen molar-refractivity contribution in [2.24, 2.45) is 0 Å². The van der Waals surface area contributed by atoms with E-state index in [1.807, 2.05) is 12.1 Å². The second kappa shape index (κ2) is 9.18. The van der Waals surface area contributed by atoms with Gasteiger partial charge in [-0.05, 0) is 48.2 Å². The highest BCUT2D eigenvalue weighted by molar-refractivity contribution is 9.10. The van der Waals surface area contributed by atoms with Gasteiger partial charge in [0.2, 0.25) is 0 Å². The summed E-state index contributed by atoms with van der Waals surface area (Å²) in [6.07, 6.45) is 3.17. The Morgan fingerprint density at radius 1 is 1.18 bits per heavy atom. The summed E-state index contributed by atoms with van der Waals surface area (Å²) in [6.45, 7) is 3.99. The molecule has 1 aliphatic rings. The van der Waals surface area contributed by atoms with Crippen LogP contribution < -0.4 is 4.74 Å². The molecule has 1 aliphatic heterocycles. The topological polar surface area (TPSA) is 46.6 Å². The van der Waals surface area contributed by atoms with Gasteiger partial charge in [0.15, 0.2) is 0 Å². The number of thioether (sulfide) groups is 1. The Bertz CT molecular complexity index is 993. The molecule has 0 unspecified atom stereocenters. The summed E-state index contributed by atoms with van der Waals surface area (Å²) in [5, 5.41) is 0.742. The Labute approximate surface area is 185 Å². The number of carbonyl (C=O) groups is 2. The first-order valence-corrected chi connectivity index (χ1v) is 10.5. The van der Waals surface area contributed by atoms with E-state index in [0.717, 1.165) is 26.7 Å². The maximum atomic E-state index is 12.4. The van der Waals surface area contributed by atoms with Crippen LogP contribution in [0.1, 0.15) is 11.1 Å². The minimum Gasteiger partial charge on any atom is -0.488 e. The fraction of sp³-hybridized carbons (Fsp3) is 0.100. The van der Waals surface area contributed by atoms with E-state index in [1.54, 1.807) is 30.3 Å². The molecular weight excluding hydrogens is 485 g/mol. The smallest absolute Gasteiger partial charge is 0.293 e. The number of ether oxygens (including phenoxy) is 1. The lowest BCUT2D eigenvalue weighted by Gasteiger charge is -2.12. The zero-order chi connectivity index (χ0) is 20.3. The summed E-state index contributed by atoms with van der Waals surface area (Å²) in [5.41, 5.74) is 1.45. The highest BCUT2D eigenvalue weighted by Gasteiger charge is 2.34. The second-order valence-corrected chi connectivity index (χ2v) is 8.54. The molecule has 28 heavy (non-hydrogen) atoms. The van der Waals surface area contributed by atoms with Crippen LogP contribution in [0.25, 0.3) is 6.08 Å². The minimum atomic E-state index is -0.346. The average Bonchev–Trinajstić information content (AvgIpc) is 2.90. The molecule has 0 N–H and O–H groups in total. The molecule has 8 heteroatoms. The van der Waals surface area contributed by atoms with E-state index in [1.165, 1.54) is 6.08 Å². The van der Waals surface area contributed by atoms with Gasteiger partial charge < -0.3 is 4.74 Å². The molecule has 0 bridgehead atoms. The summed E-state index contributed by atoms with van der Waals surface area (Å²) < 4.78 is 6.74. The van der Waals surface area contributed by atoms with Gasteiger partial charge in [-0.15, -0.1) is 6.58 Å². The van der Waals surface area contributed by atoms with Crippen LogP contribution in [0.2, 0.25) is 10.0 Å². The maximum Gasteiger partial charge on any atom is 0.293 e. The highest BCUT2D eigenvalue weighted by Crippen LogP contribution is 2.35. The quantitative estimate of drug-likeness (QED) is 0.334. The average molecular weight is 499 g/mol. The van der Waals surface area contributed by atoms with Gasteiger partial charge in [0.05, 0.1) is 4.91 Å². The molecule has 0 spiro atoms. The Morgan fingerprint density at radius 2 is 1.96 bits per heavy atom. The van der Waals surface area contributed by atoms with Crippen LogP contribution in [-0.2, 0) is 11.4 Å². The van der Waals surface area contributed by atoms with Gasteiger partial charge in [-0.2, -0.15) is 0 Å².